The van der Waals surface area contributed by atoms with Crippen molar-refractivity contribution >= 4 is 0 Å². The van der Waals surface area contributed by atoms with Gasteiger partial charge in [-0.2, -0.15) is 0 Å². The molecule has 1 fully saturated rings. The lowest BCUT2D eigenvalue weighted by Gasteiger charge is -2.24. The van der Waals surface area contributed by atoms with Gasteiger partial charge in [-0.3, -0.25) is 0 Å². The molecule has 2 nitrogen and oxygen atoms in total. The molecule has 0 aromatic heterocycles. The summed E-state index contributed by atoms with van der Waals surface area (Å²) in [6.07, 6.45) is 9.03. The number of aliphatic hydroxyl groups is 1. The van der Waals surface area contributed by atoms with Gasteiger partial charge in [0.2, 0.25) is 0 Å². The van der Waals surface area contributed by atoms with E-state index in [0.717, 1.165) is 12.8 Å². The lowest BCUT2D eigenvalue weighted by atomic mass is 9.82. The molecule has 1 unspecified atom stereocenters. The molecule has 0 bridgehead atoms. The summed E-state index contributed by atoms with van der Waals surface area (Å²) in [4.78, 5) is 0. The Balaban J connectivity index is 2.41. The molecule has 1 aliphatic carbocycles. The van der Waals surface area contributed by atoms with Gasteiger partial charge < -0.3 is 9.84 Å². The summed E-state index contributed by atoms with van der Waals surface area (Å²) in [5.41, 5.74) is 1.45. The van der Waals surface area contributed by atoms with Crippen molar-refractivity contribution in [2.24, 2.45) is 5.92 Å². The minimum Gasteiger partial charge on any atom is -0.504 e. The van der Waals surface area contributed by atoms with Gasteiger partial charge in [0.25, 0.3) is 0 Å². The van der Waals surface area contributed by atoms with Crippen molar-refractivity contribution in [3.8, 4) is 0 Å². The molecule has 0 amide bonds. The maximum absolute atomic E-state index is 8.76. The predicted octanol–water partition coefficient (Wildman–Crippen LogP) is 2.48. The summed E-state index contributed by atoms with van der Waals surface area (Å²) < 4.78 is 5.07. The average Bonchev–Trinajstić information content (AvgIpc) is 2.17. The van der Waals surface area contributed by atoms with Gasteiger partial charge in [-0.05, 0) is 43.6 Å². The molecule has 76 valence electrons. The highest BCUT2D eigenvalue weighted by atomic mass is 16.5. The summed E-state index contributed by atoms with van der Waals surface area (Å²) in [7, 11) is 1.71. The molecular formula is C11H20O2. The number of aliphatic hydroxyl groups excluding tert-OH is 1. The lowest BCUT2D eigenvalue weighted by molar-refractivity contribution is 0.264. The second kappa shape index (κ2) is 6.03. The summed E-state index contributed by atoms with van der Waals surface area (Å²) in [6, 6.07) is 0. The normalized spacial score (nSPS) is 26.3. The van der Waals surface area contributed by atoms with E-state index >= 15 is 0 Å². The summed E-state index contributed by atoms with van der Waals surface area (Å²) >= 11 is 0. The fourth-order valence-corrected chi connectivity index (χ4v) is 2.08. The van der Waals surface area contributed by atoms with Crippen molar-refractivity contribution in [1.82, 2.24) is 0 Å². The van der Waals surface area contributed by atoms with Crippen molar-refractivity contribution in [3.63, 3.8) is 0 Å². The predicted molar refractivity (Wildman–Crippen MR) is 53.4 cm³/mol. The molecule has 0 radical (unpaired) electrons. The number of ether oxygens (including phenoxy) is 1. The first-order valence-corrected chi connectivity index (χ1v) is 5.21. The topological polar surface area (TPSA) is 29.5 Å². The maximum atomic E-state index is 8.76. The van der Waals surface area contributed by atoms with Crippen LogP contribution >= 0.6 is 0 Å². The zero-order valence-electron chi connectivity index (χ0n) is 8.46. The van der Waals surface area contributed by atoms with Crippen LogP contribution in [0, 0.1) is 5.92 Å². The SMILES string of the molecule is CO/C=C1\CCCCC1CCCO. The highest BCUT2D eigenvalue weighted by molar-refractivity contribution is 5.06. The van der Waals surface area contributed by atoms with Crippen LogP contribution in [-0.2, 0) is 4.74 Å². The highest BCUT2D eigenvalue weighted by Crippen LogP contribution is 2.32. The van der Waals surface area contributed by atoms with Gasteiger partial charge in [0.15, 0.2) is 0 Å². The lowest BCUT2D eigenvalue weighted by Crippen LogP contribution is -2.11. The Labute approximate surface area is 80.6 Å². The van der Waals surface area contributed by atoms with Gasteiger partial charge in [-0.25, -0.2) is 0 Å². The first-order valence-electron chi connectivity index (χ1n) is 5.21. The molecule has 1 aliphatic rings. The van der Waals surface area contributed by atoms with Crippen molar-refractivity contribution in [2.75, 3.05) is 13.7 Å². The number of hydrogen-bond donors (Lipinski definition) is 1. The number of allylic oxidation sites excluding steroid dienone is 1. The first-order chi connectivity index (χ1) is 6.38. The van der Waals surface area contributed by atoms with Crippen molar-refractivity contribution in [3.05, 3.63) is 11.8 Å². The van der Waals surface area contributed by atoms with Gasteiger partial charge >= 0.3 is 0 Å². The quantitative estimate of drug-likeness (QED) is 0.680. The summed E-state index contributed by atoms with van der Waals surface area (Å²) in [5, 5.41) is 8.76. The Morgan fingerprint density at radius 2 is 2.38 bits per heavy atom. The molecule has 0 spiro atoms. The van der Waals surface area contributed by atoms with E-state index in [-0.39, 0.29) is 0 Å². The maximum Gasteiger partial charge on any atom is 0.0819 e. The van der Waals surface area contributed by atoms with E-state index in [4.69, 9.17) is 9.84 Å². The molecule has 0 aliphatic heterocycles. The van der Waals surface area contributed by atoms with Crippen molar-refractivity contribution in [1.29, 1.82) is 0 Å². The number of hydrogen-bond acceptors (Lipinski definition) is 2. The number of methoxy groups -OCH3 is 1. The summed E-state index contributed by atoms with van der Waals surface area (Å²) in [6.45, 7) is 0.316. The third-order valence-electron chi connectivity index (χ3n) is 2.77. The molecule has 0 aromatic carbocycles. The van der Waals surface area contributed by atoms with Crippen LogP contribution < -0.4 is 0 Å². The van der Waals surface area contributed by atoms with Gasteiger partial charge in [0, 0.05) is 6.61 Å². The van der Waals surface area contributed by atoms with Crippen LogP contribution in [-0.4, -0.2) is 18.8 Å². The molecule has 1 rings (SSSR count). The minimum atomic E-state index is 0.316. The molecule has 13 heavy (non-hydrogen) atoms. The smallest absolute Gasteiger partial charge is 0.0819 e. The Kier molecular flexibility index (Phi) is 4.91. The van der Waals surface area contributed by atoms with E-state index in [1.54, 1.807) is 7.11 Å². The second-order valence-corrected chi connectivity index (χ2v) is 3.74. The third kappa shape index (κ3) is 3.39. The van der Waals surface area contributed by atoms with Crippen LogP contribution in [0.1, 0.15) is 38.5 Å². The van der Waals surface area contributed by atoms with E-state index in [1.807, 2.05) is 6.26 Å². The molecule has 1 saturated carbocycles. The molecule has 0 saturated heterocycles. The van der Waals surface area contributed by atoms with Crippen LogP contribution in [0.25, 0.3) is 0 Å². The zero-order valence-corrected chi connectivity index (χ0v) is 8.46. The molecule has 1 N–H and O–H groups in total. The van der Waals surface area contributed by atoms with E-state index in [1.165, 1.54) is 31.3 Å². The Morgan fingerprint density at radius 3 is 3.08 bits per heavy atom. The number of rotatable bonds is 4. The van der Waals surface area contributed by atoms with Crippen molar-refractivity contribution in [2.45, 2.75) is 38.5 Å². The Hall–Kier alpha value is -0.500. The van der Waals surface area contributed by atoms with E-state index < -0.39 is 0 Å². The van der Waals surface area contributed by atoms with Crippen LogP contribution in [0.15, 0.2) is 11.8 Å². The van der Waals surface area contributed by atoms with Gasteiger partial charge in [-0.1, -0.05) is 6.42 Å². The fraction of sp³-hybridized carbons (Fsp3) is 0.818. The molecular weight excluding hydrogens is 164 g/mol. The third-order valence-corrected chi connectivity index (χ3v) is 2.77. The van der Waals surface area contributed by atoms with Crippen molar-refractivity contribution < 1.29 is 9.84 Å². The fourth-order valence-electron chi connectivity index (χ4n) is 2.08. The van der Waals surface area contributed by atoms with Gasteiger partial charge in [-0.15, -0.1) is 0 Å². The average molecular weight is 184 g/mol. The molecule has 1 atom stereocenters. The first kappa shape index (κ1) is 10.6. The summed E-state index contributed by atoms with van der Waals surface area (Å²) in [5.74, 6) is 0.667. The molecule has 0 aromatic rings. The highest BCUT2D eigenvalue weighted by Gasteiger charge is 2.18. The van der Waals surface area contributed by atoms with Gasteiger partial charge in [0.05, 0.1) is 13.4 Å². The van der Waals surface area contributed by atoms with E-state index in [2.05, 4.69) is 0 Å². The molecule has 0 heterocycles. The zero-order chi connectivity index (χ0) is 9.52. The molecule has 2 heteroatoms. The van der Waals surface area contributed by atoms with Crippen LogP contribution in [0.3, 0.4) is 0 Å². The Morgan fingerprint density at radius 1 is 1.54 bits per heavy atom. The second-order valence-electron chi connectivity index (χ2n) is 3.74. The van der Waals surface area contributed by atoms with E-state index in [0.29, 0.717) is 12.5 Å². The van der Waals surface area contributed by atoms with Crippen LogP contribution in [0.5, 0.6) is 0 Å². The van der Waals surface area contributed by atoms with Gasteiger partial charge in [0.1, 0.15) is 0 Å². The largest absolute Gasteiger partial charge is 0.504 e. The van der Waals surface area contributed by atoms with Crippen LogP contribution in [0.4, 0.5) is 0 Å². The standard InChI is InChI=1S/C11H20O2/c1-13-9-11-6-3-2-5-10(11)7-4-8-12/h9-10,12H,2-8H2,1H3/b11-9+. The van der Waals surface area contributed by atoms with E-state index in [9.17, 15) is 0 Å². The van der Waals surface area contributed by atoms with Crippen LogP contribution in [0.2, 0.25) is 0 Å². The Bertz CT molecular complexity index is 163. The monoisotopic (exact) mass is 184 g/mol. The minimum absolute atomic E-state index is 0.316.